The first-order valence-corrected chi connectivity index (χ1v) is 10.2. The van der Waals surface area contributed by atoms with E-state index in [2.05, 4.69) is 24.9 Å². The van der Waals surface area contributed by atoms with Crippen LogP contribution in [-0.4, -0.2) is 45.9 Å². The van der Waals surface area contributed by atoms with Crippen LogP contribution in [0.1, 0.15) is 5.56 Å². The van der Waals surface area contributed by atoms with Crippen molar-refractivity contribution < 1.29 is 4.39 Å². The third kappa shape index (κ3) is 3.35. The second-order valence-corrected chi connectivity index (χ2v) is 7.81. The molecule has 4 aromatic rings. The SMILES string of the molecule is Cc1ccc(Cl)cc1-n1ncc2c(N3CCN(c4ccc(F)cc4)CC3)ncnc21. The highest BCUT2D eigenvalue weighted by Gasteiger charge is 2.22. The highest BCUT2D eigenvalue weighted by molar-refractivity contribution is 6.30. The van der Waals surface area contributed by atoms with Crippen molar-refractivity contribution in [1.29, 1.82) is 0 Å². The highest BCUT2D eigenvalue weighted by atomic mass is 35.5. The standard InChI is InChI=1S/C22H20ClFN6/c1-15-2-3-16(23)12-20(15)30-22-19(13-27-30)21(25-14-26-22)29-10-8-28(9-11-29)18-6-4-17(24)5-7-18/h2-7,12-14H,8-11H2,1H3. The summed E-state index contributed by atoms with van der Waals surface area (Å²) in [6.45, 7) is 5.31. The Morgan fingerprint density at radius 1 is 0.933 bits per heavy atom. The van der Waals surface area contributed by atoms with Gasteiger partial charge in [0.25, 0.3) is 0 Å². The van der Waals surface area contributed by atoms with E-state index in [0.29, 0.717) is 5.02 Å². The summed E-state index contributed by atoms with van der Waals surface area (Å²) in [6, 6.07) is 12.4. The van der Waals surface area contributed by atoms with E-state index < -0.39 is 0 Å². The van der Waals surface area contributed by atoms with Gasteiger partial charge in [0.15, 0.2) is 5.65 Å². The Kier molecular flexibility index (Phi) is 4.75. The van der Waals surface area contributed by atoms with Gasteiger partial charge in [-0.3, -0.25) is 0 Å². The topological polar surface area (TPSA) is 50.1 Å². The number of piperazine rings is 1. The normalized spacial score (nSPS) is 14.5. The van der Waals surface area contributed by atoms with Crippen molar-refractivity contribution >= 4 is 34.1 Å². The van der Waals surface area contributed by atoms with Gasteiger partial charge in [-0.1, -0.05) is 17.7 Å². The second kappa shape index (κ2) is 7.57. The largest absolute Gasteiger partial charge is 0.368 e. The predicted octanol–water partition coefficient (Wildman–Crippen LogP) is 4.24. The molecule has 8 heteroatoms. The molecule has 0 aliphatic carbocycles. The number of fused-ring (bicyclic) bond motifs is 1. The van der Waals surface area contributed by atoms with Crippen LogP contribution in [0.4, 0.5) is 15.9 Å². The van der Waals surface area contributed by atoms with E-state index in [-0.39, 0.29) is 5.82 Å². The van der Waals surface area contributed by atoms with Gasteiger partial charge in [0.05, 0.1) is 17.3 Å². The minimum atomic E-state index is -0.215. The Balaban J connectivity index is 1.43. The smallest absolute Gasteiger partial charge is 0.168 e. The lowest BCUT2D eigenvalue weighted by Gasteiger charge is -2.36. The molecule has 6 nitrogen and oxygen atoms in total. The van der Waals surface area contributed by atoms with Crippen LogP contribution in [0, 0.1) is 12.7 Å². The summed E-state index contributed by atoms with van der Waals surface area (Å²) in [5.74, 6) is 0.664. The van der Waals surface area contributed by atoms with Gasteiger partial charge in [0.1, 0.15) is 18.0 Å². The van der Waals surface area contributed by atoms with Crippen molar-refractivity contribution in [2.45, 2.75) is 6.92 Å². The molecule has 1 aliphatic rings. The van der Waals surface area contributed by atoms with Crippen LogP contribution in [0.2, 0.25) is 5.02 Å². The van der Waals surface area contributed by atoms with Crippen molar-refractivity contribution in [3.8, 4) is 5.69 Å². The number of aromatic nitrogens is 4. The van der Waals surface area contributed by atoms with Crippen molar-refractivity contribution in [1.82, 2.24) is 19.7 Å². The lowest BCUT2D eigenvalue weighted by atomic mass is 10.2. The van der Waals surface area contributed by atoms with E-state index in [4.69, 9.17) is 11.6 Å². The van der Waals surface area contributed by atoms with Gasteiger partial charge < -0.3 is 9.80 Å². The van der Waals surface area contributed by atoms with Crippen LogP contribution in [0.3, 0.4) is 0 Å². The number of hydrogen-bond donors (Lipinski definition) is 0. The molecular formula is C22H20ClFN6. The Morgan fingerprint density at radius 2 is 1.67 bits per heavy atom. The number of anilines is 2. The Morgan fingerprint density at radius 3 is 2.43 bits per heavy atom. The van der Waals surface area contributed by atoms with Gasteiger partial charge in [-0.2, -0.15) is 5.10 Å². The summed E-state index contributed by atoms with van der Waals surface area (Å²) in [7, 11) is 0. The summed E-state index contributed by atoms with van der Waals surface area (Å²) in [5.41, 5.74) is 3.76. The molecule has 0 bridgehead atoms. The monoisotopic (exact) mass is 422 g/mol. The number of nitrogens with zero attached hydrogens (tertiary/aromatic N) is 6. The van der Waals surface area contributed by atoms with E-state index in [1.165, 1.54) is 12.1 Å². The molecule has 1 saturated heterocycles. The molecule has 2 aromatic carbocycles. The van der Waals surface area contributed by atoms with Crippen molar-refractivity contribution in [3.63, 3.8) is 0 Å². The molecule has 1 aliphatic heterocycles. The minimum Gasteiger partial charge on any atom is -0.368 e. The predicted molar refractivity (Wildman–Crippen MR) is 117 cm³/mol. The van der Waals surface area contributed by atoms with E-state index in [9.17, 15) is 4.39 Å². The van der Waals surface area contributed by atoms with Gasteiger partial charge in [-0.25, -0.2) is 19.0 Å². The third-order valence-electron chi connectivity index (χ3n) is 5.52. The molecule has 5 rings (SSSR count). The zero-order chi connectivity index (χ0) is 20.7. The third-order valence-corrected chi connectivity index (χ3v) is 5.75. The number of rotatable bonds is 3. The van der Waals surface area contributed by atoms with Crippen LogP contribution in [0.15, 0.2) is 55.0 Å². The molecule has 0 radical (unpaired) electrons. The maximum Gasteiger partial charge on any atom is 0.168 e. The van der Waals surface area contributed by atoms with Crippen LogP contribution < -0.4 is 9.80 Å². The Labute approximate surface area is 178 Å². The summed E-state index contributed by atoms with van der Waals surface area (Å²) in [5, 5.41) is 6.14. The van der Waals surface area contributed by atoms with E-state index in [0.717, 1.165) is 60.0 Å². The van der Waals surface area contributed by atoms with Crippen LogP contribution in [-0.2, 0) is 0 Å². The maximum atomic E-state index is 13.2. The first-order chi connectivity index (χ1) is 14.6. The number of aryl methyl sites for hydroxylation is 1. The lowest BCUT2D eigenvalue weighted by molar-refractivity contribution is 0.624. The van der Waals surface area contributed by atoms with E-state index >= 15 is 0 Å². The lowest BCUT2D eigenvalue weighted by Crippen LogP contribution is -2.46. The fraction of sp³-hybridized carbons (Fsp3) is 0.227. The number of hydrogen-bond acceptors (Lipinski definition) is 5. The van der Waals surface area contributed by atoms with Crippen molar-refractivity contribution in [2.75, 3.05) is 36.0 Å². The molecule has 3 heterocycles. The fourth-order valence-corrected chi connectivity index (χ4v) is 4.07. The summed E-state index contributed by atoms with van der Waals surface area (Å²) in [6.07, 6.45) is 3.40. The van der Waals surface area contributed by atoms with Gasteiger partial charge in [0, 0.05) is 36.9 Å². The van der Waals surface area contributed by atoms with Gasteiger partial charge in [-0.15, -0.1) is 0 Å². The molecule has 0 N–H and O–H groups in total. The Bertz CT molecular complexity index is 1200. The fourth-order valence-electron chi connectivity index (χ4n) is 3.90. The minimum absolute atomic E-state index is 0.215. The Hall–Kier alpha value is -3.19. The molecule has 0 saturated carbocycles. The summed E-state index contributed by atoms with van der Waals surface area (Å²) in [4.78, 5) is 13.6. The molecule has 0 atom stereocenters. The summed E-state index contributed by atoms with van der Waals surface area (Å²) < 4.78 is 15.0. The molecule has 0 unspecified atom stereocenters. The molecule has 152 valence electrons. The number of halogens is 2. The number of benzene rings is 2. The van der Waals surface area contributed by atoms with Crippen LogP contribution in [0.25, 0.3) is 16.7 Å². The highest BCUT2D eigenvalue weighted by Crippen LogP contribution is 2.28. The average Bonchev–Trinajstić information content (AvgIpc) is 3.20. The molecule has 0 amide bonds. The van der Waals surface area contributed by atoms with Crippen molar-refractivity contribution in [2.24, 2.45) is 0 Å². The molecule has 0 spiro atoms. The van der Waals surface area contributed by atoms with Gasteiger partial charge in [0.2, 0.25) is 0 Å². The first kappa shape index (κ1) is 18.8. The first-order valence-electron chi connectivity index (χ1n) is 9.81. The quantitative estimate of drug-likeness (QED) is 0.494. The summed E-state index contributed by atoms with van der Waals surface area (Å²) >= 11 is 6.20. The van der Waals surface area contributed by atoms with Crippen LogP contribution in [0.5, 0.6) is 0 Å². The maximum absolute atomic E-state index is 13.2. The van der Waals surface area contributed by atoms with Crippen LogP contribution >= 0.6 is 11.6 Å². The van der Waals surface area contributed by atoms with Crippen molar-refractivity contribution in [3.05, 3.63) is 71.4 Å². The molecule has 1 fully saturated rings. The van der Waals surface area contributed by atoms with Gasteiger partial charge >= 0.3 is 0 Å². The molecular weight excluding hydrogens is 403 g/mol. The second-order valence-electron chi connectivity index (χ2n) is 7.37. The molecule has 2 aromatic heterocycles. The van der Waals surface area contributed by atoms with E-state index in [1.807, 2.05) is 48.1 Å². The van der Waals surface area contributed by atoms with Gasteiger partial charge in [-0.05, 0) is 48.9 Å². The zero-order valence-electron chi connectivity index (χ0n) is 16.5. The van der Waals surface area contributed by atoms with E-state index in [1.54, 1.807) is 6.33 Å². The average molecular weight is 423 g/mol. The zero-order valence-corrected chi connectivity index (χ0v) is 17.2. The molecule has 30 heavy (non-hydrogen) atoms.